The average molecular weight is 374 g/mol. The zero-order chi connectivity index (χ0) is 17.8. The third-order valence-corrected chi connectivity index (χ3v) is 4.41. The molecule has 3 aromatic rings. The van der Waals surface area contributed by atoms with Gasteiger partial charge in [0.2, 0.25) is 0 Å². The lowest BCUT2D eigenvalue weighted by atomic mass is 10.0. The Morgan fingerprint density at radius 3 is 2.72 bits per heavy atom. The van der Waals surface area contributed by atoms with Crippen LogP contribution in [-0.2, 0) is 0 Å². The lowest BCUT2D eigenvalue weighted by molar-refractivity contribution is 0.108. The largest absolute Gasteiger partial charge is 0.494 e. The molecule has 0 saturated heterocycles. The predicted octanol–water partition coefficient (Wildman–Crippen LogP) is 6.11. The van der Waals surface area contributed by atoms with Crippen LogP contribution in [0.5, 0.6) is 5.75 Å². The maximum absolute atomic E-state index is 11.9. The molecule has 5 heteroatoms. The summed E-state index contributed by atoms with van der Waals surface area (Å²) < 4.78 is 5.75. The number of carbonyl (C=O) groups excluding carboxylic acids is 1. The molecule has 2 aromatic carbocycles. The standard InChI is InChI=1S/C20H17Cl2NO2/c1-2-3-10-25-14-7-4-6-13(11-14)18-12-16(20(22)24)15-8-5-9-17(21)19(15)23-18/h4-9,11-12H,2-3,10H2,1H3. The van der Waals surface area contributed by atoms with Crippen LogP contribution in [0.15, 0.2) is 48.5 Å². The molecule has 0 aliphatic rings. The van der Waals surface area contributed by atoms with Crippen molar-refractivity contribution in [3.8, 4) is 17.0 Å². The molecule has 0 bridgehead atoms. The Morgan fingerprint density at radius 1 is 1.16 bits per heavy atom. The Balaban J connectivity index is 2.08. The van der Waals surface area contributed by atoms with Crippen LogP contribution in [0.3, 0.4) is 0 Å². The Morgan fingerprint density at radius 2 is 1.96 bits per heavy atom. The number of hydrogen-bond acceptors (Lipinski definition) is 3. The van der Waals surface area contributed by atoms with Gasteiger partial charge in [0.05, 0.1) is 22.8 Å². The maximum atomic E-state index is 11.9. The van der Waals surface area contributed by atoms with Gasteiger partial charge in [-0.1, -0.05) is 49.2 Å². The highest BCUT2D eigenvalue weighted by molar-refractivity contribution is 6.68. The van der Waals surface area contributed by atoms with E-state index in [9.17, 15) is 4.79 Å². The number of halogens is 2. The number of ether oxygens (including phenoxy) is 1. The molecule has 0 unspecified atom stereocenters. The zero-order valence-corrected chi connectivity index (χ0v) is 15.3. The van der Waals surface area contributed by atoms with Gasteiger partial charge in [0.25, 0.3) is 5.24 Å². The zero-order valence-electron chi connectivity index (χ0n) is 13.8. The van der Waals surface area contributed by atoms with E-state index in [1.165, 1.54) is 0 Å². The molecule has 25 heavy (non-hydrogen) atoms. The molecule has 0 saturated carbocycles. The molecule has 0 aliphatic heterocycles. The topological polar surface area (TPSA) is 39.2 Å². The SMILES string of the molecule is CCCCOc1cccc(-c2cc(C(=O)Cl)c3cccc(Cl)c3n2)c1. The van der Waals surface area contributed by atoms with Crippen LogP contribution in [0, 0.1) is 0 Å². The molecule has 0 aliphatic carbocycles. The molecule has 3 rings (SSSR count). The first-order chi connectivity index (χ1) is 12.1. The van der Waals surface area contributed by atoms with Gasteiger partial charge in [0, 0.05) is 16.5 Å². The van der Waals surface area contributed by atoms with Crippen molar-refractivity contribution in [3.63, 3.8) is 0 Å². The van der Waals surface area contributed by atoms with Gasteiger partial charge in [-0.2, -0.15) is 0 Å². The second kappa shape index (κ2) is 7.85. The second-order valence-corrected chi connectivity index (χ2v) is 6.45. The lowest BCUT2D eigenvalue weighted by Gasteiger charge is -2.10. The summed E-state index contributed by atoms with van der Waals surface area (Å²) in [5.74, 6) is 0.769. The van der Waals surface area contributed by atoms with E-state index in [0.29, 0.717) is 33.8 Å². The molecule has 128 valence electrons. The summed E-state index contributed by atoms with van der Waals surface area (Å²) in [6.45, 7) is 2.79. The molecule has 0 N–H and O–H groups in total. The minimum Gasteiger partial charge on any atom is -0.494 e. The summed E-state index contributed by atoms with van der Waals surface area (Å²) in [4.78, 5) is 16.5. The predicted molar refractivity (Wildman–Crippen MR) is 103 cm³/mol. The van der Waals surface area contributed by atoms with Gasteiger partial charge in [0.15, 0.2) is 0 Å². The first-order valence-corrected chi connectivity index (χ1v) is 8.88. The van der Waals surface area contributed by atoms with Crippen LogP contribution in [0.1, 0.15) is 30.1 Å². The van der Waals surface area contributed by atoms with Crippen LogP contribution in [0.4, 0.5) is 0 Å². The van der Waals surface area contributed by atoms with Crippen molar-refractivity contribution in [2.24, 2.45) is 0 Å². The van der Waals surface area contributed by atoms with E-state index in [2.05, 4.69) is 11.9 Å². The Bertz CT molecular complexity index is 925. The summed E-state index contributed by atoms with van der Waals surface area (Å²) in [5, 5.41) is 0.590. The van der Waals surface area contributed by atoms with E-state index >= 15 is 0 Å². The Hall–Kier alpha value is -2.10. The minimum absolute atomic E-state index is 0.390. The molecular formula is C20H17Cl2NO2. The van der Waals surface area contributed by atoms with E-state index in [4.69, 9.17) is 27.9 Å². The molecule has 3 nitrogen and oxygen atoms in total. The fraction of sp³-hybridized carbons (Fsp3) is 0.200. The summed E-state index contributed by atoms with van der Waals surface area (Å²) in [6.07, 6.45) is 2.07. The number of nitrogens with zero attached hydrogens (tertiary/aromatic N) is 1. The number of hydrogen-bond donors (Lipinski definition) is 0. The highest BCUT2D eigenvalue weighted by Gasteiger charge is 2.14. The summed E-state index contributed by atoms with van der Waals surface area (Å²) in [5.41, 5.74) is 2.42. The monoisotopic (exact) mass is 373 g/mol. The Kier molecular flexibility index (Phi) is 5.57. The van der Waals surface area contributed by atoms with Crippen molar-refractivity contribution in [2.45, 2.75) is 19.8 Å². The van der Waals surface area contributed by atoms with Gasteiger partial charge in [-0.05, 0) is 42.3 Å². The van der Waals surface area contributed by atoms with Crippen LogP contribution in [0.25, 0.3) is 22.2 Å². The highest BCUT2D eigenvalue weighted by atomic mass is 35.5. The number of rotatable bonds is 6. The summed E-state index contributed by atoms with van der Waals surface area (Å²) in [6, 6.07) is 14.6. The van der Waals surface area contributed by atoms with Crippen molar-refractivity contribution in [1.29, 1.82) is 0 Å². The third-order valence-electron chi connectivity index (χ3n) is 3.90. The van der Waals surface area contributed by atoms with Crippen LogP contribution >= 0.6 is 23.2 Å². The van der Waals surface area contributed by atoms with E-state index in [1.54, 1.807) is 24.3 Å². The van der Waals surface area contributed by atoms with Crippen LogP contribution in [0.2, 0.25) is 5.02 Å². The smallest absolute Gasteiger partial charge is 0.253 e. The van der Waals surface area contributed by atoms with Gasteiger partial charge in [-0.25, -0.2) is 4.98 Å². The van der Waals surface area contributed by atoms with E-state index in [0.717, 1.165) is 24.2 Å². The fourth-order valence-corrected chi connectivity index (χ4v) is 2.98. The van der Waals surface area contributed by atoms with Crippen molar-refractivity contribution >= 4 is 39.3 Å². The number of pyridine rings is 1. The van der Waals surface area contributed by atoms with E-state index in [-0.39, 0.29) is 0 Å². The van der Waals surface area contributed by atoms with E-state index < -0.39 is 5.24 Å². The fourth-order valence-electron chi connectivity index (χ4n) is 2.60. The molecular weight excluding hydrogens is 357 g/mol. The maximum Gasteiger partial charge on any atom is 0.253 e. The lowest BCUT2D eigenvalue weighted by Crippen LogP contribution is -1.98. The highest BCUT2D eigenvalue weighted by Crippen LogP contribution is 2.31. The van der Waals surface area contributed by atoms with Crippen molar-refractivity contribution < 1.29 is 9.53 Å². The van der Waals surface area contributed by atoms with Crippen molar-refractivity contribution in [2.75, 3.05) is 6.61 Å². The summed E-state index contributed by atoms with van der Waals surface area (Å²) >= 11 is 12.0. The number of carbonyl (C=O) groups is 1. The first-order valence-electron chi connectivity index (χ1n) is 8.12. The van der Waals surface area contributed by atoms with Crippen LogP contribution in [-0.4, -0.2) is 16.8 Å². The summed E-state index contributed by atoms with van der Waals surface area (Å²) in [7, 11) is 0. The molecule has 0 amide bonds. The first kappa shape index (κ1) is 17.7. The quantitative estimate of drug-likeness (QED) is 0.386. The molecule has 0 spiro atoms. The normalized spacial score (nSPS) is 10.8. The number of fused-ring (bicyclic) bond motifs is 1. The number of para-hydroxylation sites is 1. The number of benzene rings is 2. The minimum atomic E-state index is -0.536. The molecule has 0 fully saturated rings. The van der Waals surface area contributed by atoms with Gasteiger partial charge >= 0.3 is 0 Å². The second-order valence-electron chi connectivity index (χ2n) is 5.69. The number of unbranched alkanes of at least 4 members (excludes halogenated alkanes) is 1. The van der Waals surface area contributed by atoms with Crippen LogP contribution < -0.4 is 4.74 Å². The van der Waals surface area contributed by atoms with Crippen molar-refractivity contribution in [3.05, 3.63) is 59.1 Å². The van der Waals surface area contributed by atoms with Gasteiger partial charge in [0.1, 0.15) is 5.75 Å². The molecule has 1 aromatic heterocycles. The molecule has 0 radical (unpaired) electrons. The van der Waals surface area contributed by atoms with E-state index in [1.807, 2.05) is 24.3 Å². The molecule has 1 heterocycles. The van der Waals surface area contributed by atoms with Gasteiger partial charge in [-0.15, -0.1) is 0 Å². The molecule has 0 atom stereocenters. The average Bonchev–Trinajstić information content (AvgIpc) is 2.62. The Labute approximate surface area is 156 Å². The van der Waals surface area contributed by atoms with Gasteiger partial charge in [-0.3, -0.25) is 4.79 Å². The van der Waals surface area contributed by atoms with Gasteiger partial charge < -0.3 is 4.74 Å². The van der Waals surface area contributed by atoms with Crippen molar-refractivity contribution in [1.82, 2.24) is 4.98 Å². The number of aromatic nitrogens is 1. The third kappa shape index (κ3) is 3.94.